The van der Waals surface area contributed by atoms with Crippen LogP contribution in [0.5, 0.6) is 0 Å². The predicted molar refractivity (Wildman–Crippen MR) is 138 cm³/mol. The Kier molecular flexibility index (Phi) is 6.26. The highest BCUT2D eigenvalue weighted by molar-refractivity contribution is 7.15. The Morgan fingerprint density at radius 1 is 1.21 bits per heavy atom. The number of aryl methyl sites for hydroxylation is 1. The predicted octanol–water partition coefficient (Wildman–Crippen LogP) is 5.04. The monoisotopic (exact) mass is 458 g/mol. The van der Waals surface area contributed by atoms with E-state index >= 15 is 0 Å². The molecule has 33 heavy (non-hydrogen) atoms. The molecule has 5 rings (SSSR count). The normalized spacial score (nSPS) is 14.9. The first-order valence-corrected chi connectivity index (χ1v) is 12.3. The molecule has 1 unspecified atom stereocenters. The van der Waals surface area contributed by atoms with Crippen LogP contribution in [0.15, 0.2) is 54.7 Å². The standard InChI is InChI=1S/C26H30N6S/c1-17(24-8-9-25(33-24)22-7-5-4-6-20(22)15-27-3)29-26-23-14-21(19-10-12-28-13-11-19)16-32(23)31-18(2)30-26/h4-10,14,16-17,27-28H,11-13,15H2,1-3H3,(H,29,30,31). The van der Waals surface area contributed by atoms with Gasteiger partial charge in [0.1, 0.15) is 11.3 Å². The fraction of sp³-hybridized carbons (Fsp3) is 0.308. The van der Waals surface area contributed by atoms with E-state index in [1.165, 1.54) is 32.0 Å². The maximum atomic E-state index is 4.75. The molecule has 7 heteroatoms. The lowest BCUT2D eigenvalue weighted by Gasteiger charge is -2.14. The van der Waals surface area contributed by atoms with Crippen molar-refractivity contribution in [3.8, 4) is 10.4 Å². The third kappa shape index (κ3) is 4.57. The lowest BCUT2D eigenvalue weighted by molar-refractivity contribution is 0.738. The van der Waals surface area contributed by atoms with Crippen LogP contribution in [0.25, 0.3) is 21.5 Å². The van der Waals surface area contributed by atoms with Gasteiger partial charge in [0.2, 0.25) is 0 Å². The van der Waals surface area contributed by atoms with Gasteiger partial charge in [-0.1, -0.05) is 30.3 Å². The second kappa shape index (κ2) is 9.47. The molecule has 3 N–H and O–H groups in total. The number of nitrogens with one attached hydrogen (secondary N) is 3. The topological polar surface area (TPSA) is 66.3 Å². The highest BCUT2D eigenvalue weighted by Crippen LogP contribution is 2.35. The molecule has 0 amide bonds. The van der Waals surface area contributed by atoms with E-state index in [1.807, 2.05) is 29.8 Å². The van der Waals surface area contributed by atoms with Crippen molar-refractivity contribution in [3.05, 3.63) is 76.6 Å². The minimum Gasteiger partial charge on any atom is -0.361 e. The van der Waals surface area contributed by atoms with Crippen molar-refractivity contribution in [3.63, 3.8) is 0 Å². The molecule has 4 aromatic rings. The summed E-state index contributed by atoms with van der Waals surface area (Å²) in [6.45, 7) is 6.94. The van der Waals surface area contributed by atoms with E-state index in [-0.39, 0.29) is 6.04 Å². The average molecular weight is 459 g/mol. The summed E-state index contributed by atoms with van der Waals surface area (Å²) in [7, 11) is 1.99. The third-order valence-electron chi connectivity index (χ3n) is 6.06. The fourth-order valence-corrected chi connectivity index (χ4v) is 5.46. The van der Waals surface area contributed by atoms with Crippen LogP contribution < -0.4 is 16.0 Å². The molecule has 170 valence electrons. The number of hydrogen-bond acceptors (Lipinski definition) is 6. The van der Waals surface area contributed by atoms with Gasteiger partial charge in [0.25, 0.3) is 0 Å². The summed E-state index contributed by atoms with van der Waals surface area (Å²) in [4.78, 5) is 7.32. The van der Waals surface area contributed by atoms with Gasteiger partial charge in [-0.05, 0) is 74.3 Å². The van der Waals surface area contributed by atoms with Gasteiger partial charge in [-0.3, -0.25) is 0 Å². The highest BCUT2D eigenvalue weighted by Gasteiger charge is 2.16. The molecule has 3 aromatic heterocycles. The first-order valence-electron chi connectivity index (χ1n) is 11.5. The van der Waals surface area contributed by atoms with Gasteiger partial charge >= 0.3 is 0 Å². The van der Waals surface area contributed by atoms with Crippen molar-refractivity contribution in [1.29, 1.82) is 0 Å². The second-order valence-corrected chi connectivity index (χ2v) is 9.62. The van der Waals surface area contributed by atoms with Gasteiger partial charge in [-0.25, -0.2) is 9.50 Å². The number of thiophene rings is 1. The lowest BCUT2D eigenvalue weighted by atomic mass is 10.0. The van der Waals surface area contributed by atoms with Crippen LogP contribution in [0.2, 0.25) is 0 Å². The molecule has 1 atom stereocenters. The van der Waals surface area contributed by atoms with Crippen molar-refractivity contribution in [2.75, 3.05) is 25.5 Å². The first kappa shape index (κ1) is 21.8. The number of hydrogen-bond donors (Lipinski definition) is 3. The summed E-state index contributed by atoms with van der Waals surface area (Å²) in [5, 5.41) is 14.9. The van der Waals surface area contributed by atoms with Crippen LogP contribution in [0.3, 0.4) is 0 Å². The van der Waals surface area contributed by atoms with Gasteiger partial charge in [-0.15, -0.1) is 11.3 Å². The Labute approximate surface area is 198 Å². The summed E-state index contributed by atoms with van der Waals surface area (Å²) in [5.74, 6) is 1.63. The number of nitrogens with zero attached hydrogens (tertiary/aromatic N) is 3. The van der Waals surface area contributed by atoms with E-state index in [0.717, 1.165) is 43.2 Å². The molecule has 0 aliphatic carbocycles. The zero-order valence-corrected chi connectivity index (χ0v) is 20.2. The van der Waals surface area contributed by atoms with Crippen LogP contribution in [0.1, 0.15) is 41.2 Å². The van der Waals surface area contributed by atoms with Crippen molar-refractivity contribution in [2.45, 2.75) is 32.9 Å². The molecule has 0 spiro atoms. The van der Waals surface area contributed by atoms with Crippen molar-refractivity contribution in [2.24, 2.45) is 0 Å². The fourth-order valence-electron chi connectivity index (χ4n) is 4.39. The van der Waals surface area contributed by atoms with E-state index in [0.29, 0.717) is 0 Å². The highest BCUT2D eigenvalue weighted by atomic mass is 32.1. The molecular weight excluding hydrogens is 428 g/mol. The van der Waals surface area contributed by atoms with E-state index in [9.17, 15) is 0 Å². The van der Waals surface area contributed by atoms with Crippen LogP contribution in [-0.4, -0.2) is 34.7 Å². The number of benzene rings is 1. The molecular formula is C26H30N6S. The van der Waals surface area contributed by atoms with Crippen LogP contribution in [0.4, 0.5) is 5.82 Å². The summed E-state index contributed by atoms with van der Waals surface area (Å²) < 4.78 is 1.96. The summed E-state index contributed by atoms with van der Waals surface area (Å²) in [6.07, 6.45) is 5.43. The van der Waals surface area contributed by atoms with Crippen molar-refractivity contribution < 1.29 is 0 Å². The molecule has 6 nitrogen and oxygen atoms in total. The second-order valence-electron chi connectivity index (χ2n) is 8.51. The molecule has 1 aromatic carbocycles. The van der Waals surface area contributed by atoms with Crippen LogP contribution >= 0.6 is 11.3 Å². The molecule has 1 aliphatic heterocycles. The Morgan fingerprint density at radius 2 is 2.09 bits per heavy atom. The molecule has 0 bridgehead atoms. The summed E-state index contributed by atoms with van der Waals surface area (Å²) in [6, 6.07) is 15.4. The molecule has 0 saturated heterocycles. The summed E-state index contributed by atoms with van der Waals surface area (Å²) in [5.41, 5.74) is 6.22. The maximum Gasteiger partial charge on any atom is 0.154 e. The minimum absolute atomic E-state index is 0.134. The van der Waals surface area contributed by atoms with E-state index < -0.39 is 0 Å². The largest absolute Gasteiger partial charge is 0.361 e. The first-order chi connectivity index (χ1) is 16.1. The van der Waals surface area contributed by atoms with Crippen LogP contribution in [-0.2, 0) is 6.54 Å². The van der Waals surface area contributed by atoms with Crippen LogP contribution in [0, 0.1) is 6.92 Å². The Bertz CT molecular complexity index is 1300. The van der Waals surface area contributed by atoms with E-state index in [1.54, 1.807) is 0 Å². The molecule has 0 fully saturated rings. The smallest absolute Gasteiger partial charge is 0.154 e. The number of rotatable bonds is 7. The van der Waals surface area contributed by atoms with E-state index in [2.05, 4.69) is 82.7 Å². The Hall–Kier alpha value is -3.00. The van der Waals surface area contributed by atoms with Gasteiger partial charge in [-0.2, -0.15) is 5.10 Å². The van der Waals surface area contributed by atoms with Crippen molar-refractivity contribution >= 4 is 28.2 Å². The third-order valence-corrected chi connectivity index (χ3v) is 7.36. The number of fused-ring (bicyclic) bond motifs is 1. The quantitative estimate of drug-likeness (QED) is 0.362. The molecule has 0 saturated carbocycles. The van der Waals surface area contributed by atoms with Crippen molar-refractivity contribution in [1.82, 2.24) is 25.2 Å². The van der Waals surface area contributed by atoms with Gasteiger partial charge in [0.15, 0.2) is 5.82 Å². The minimum atomic E-state index is 0.134. The molecule has 4 heterocycles. The lowest BCUT2D eigenvalue weighted by Crippen LogP contribution is -2.19. The Morgan fingerprint density at radius 3 is 2.91 bits per heavy atom. The number of anilines is 1. The van der Waals surface area contributed by atoms with Gasteiger partial charge in [0.05, 0.1) is 6.04 Å². The SMILES string of the molecule is CNCc1ccccc1-c1ccc(C(C)Nc2nc(C)nn3cc(C4=CCNCC4)cc23)s1. The van der Waals surface area contributed by atoms with Gasteiger partial charge < -0.3 is 16.0 Å². The summed E-state index contributed by atoms with van der Waals surface area (Å²) >= 11 is 1.83. The van der Waals surface area contributed by atoms with Gasteiger partial charge in [0, 0.05) is 29.0 Å². The maximum absolute atomic E-state index is 4.75. The zero-order chi connectivity index (χ0) is 22.8. The van der Waals surface area contributed by atoms with E-state index in [4.69, 9.17) is 4.98 Å². The Balaban J connectivity index is 1.42. The zero-order valence-electron chi connectivity index (χ0n) is 19.4. The number of aromatic nitrogens is 3. The average Bonchev–Trinajstić information content (AvgIpc) is 3.48. The molecule has 1 aliphatic rings. The molecule has 0 radical (unpaired) electrons.